The van der Waals surface area contributed by atoms with Crippen LogP contribution in [0.25, 0.3) is 0 Å². The van der Waals surface area contributed by atoms with Crippen molar-refractivity contribution in [3.63, 3.8) is 0 Å². The first-order valence-electron chi connectivity index (χ1n) is 7.07. The van der Waals surface area contributed by atoms with Gasteiger partial charge >= 0.3 is 0 Å². The van der Waals surface area contributed by atoms with Crippen LogP contribution < -0.4 is 10.6 Å². The molecule has 0 radical (unpaired) electrons. The molecule has 122 valence electrons. The molecule has 0 aliphatic rings. The largest absolute Gasteiger partial charge is 0.416 e. The van der Waals surface area contributed by atoms with Crippen molar-refractivity contribution in [2.75, 3.05) is 16.4 Å². The first kappa shape index (κ1) is 17.0. The number of aromatic nitrogens is 2. The molecule has 0 aliphatic carbocycles. The third kappa shape index (κ3) is 5.41. The van der Waals surface area contributed by atoms with E-state index in [-0.39, 0.29) is 23.5 Å². The summed E-state index contributed by atoms with van der Waals surface area (Å²) < 4.78 is 5.42. The molecule has 2 N–H and O–H groups in total. The number of thioether (sulfide) groups is 1. The van der Waals surface area contributed by atoms with Crippen LogP contribution in [0.5, 0.6) is 0 Å². The van der Waals surface area contributed by atoms with Crippen LogP contribution in [-0.2, 0) is 9.59 Å². The zero-order valence-electron chi connectivity index (χ0n) is 13.1. The lowest BCUT2D eigenvalue weighted by atomic mass is 10.2. The SMILES string of the molecule is CC(=O)Nc1ccc(NC(=O)CSc2nnc(C(C)C)o2)cc1. The molecule has 2 rings (SSSR count). The van der Waals surface area contributed by atoms with Crippen molar-refractivity contribution in [2.24, 2.45) is 0 Å². The van der Waals surface area contributed by atoms with Crippen LogP contribution in [0, 0.1) is 0 Å². The van der Waals surface area contributed by atoms with Crippen LogP contribution in [0.3, 0.4) is 0 Å². The molecular formula is C15H18N4O3S. The molecule has 2 aromatic rings. The van der Waals surface area contributed by atoms with Crippen molar-refractivity contribution in [1.82, 2.24) is 10.2 Å². The highest BCUT2D eigenvalue weighted by Gasteiger charge is 2.12. The average molecular weight is 334 g/mol. The molecular weight excluding hydrogens is 316 g/mol. The van der Waals surface area contributed by atoms with Gasteiger partial charge in [0.05, 0.1) is 5.75 Å². The third-order valence-corrected chi connectivity index (χ3v) is 3.55. The van der Waals surface area contributed by atoms with E-state index in [9.17, 15) is 9.59 Å². The zero-order valence-corrected chi connectivity index (χ0v) is 13.9. The number of anilines is 2. The fraction of sp³-hybridized carbons (Fsp3) is 0.333. The highest BCUT2D eigenvalue weighted by molar-refractivity contribution is 7.99. The van der Waals surface area contributed by atoms with E-state index in [1.807, 2.05) is 13.8 Å². The second-order valence-corrected chi connectivity index (χ2v) is 6.08. The summed E-state index contributed by atoms with van der Waals surface area (Å²) in [5.74, 6) is 0.576. The van der Waals surface area contributed by atoms with Gasteiger partial charge < -0.3 is 15.1 Å². The van der Waals surface area contributed by atoms with E-state index in [4.69, 9.17) is 4.42 Å². The minimum atomic E-state index is -0.174. The van der Waals surface area contributed by atoms with Gasteiger partial charge in [0.25, 0.3) is 5.22 Å². The second-order valence-electron chi connectivity index (χ2n) is 5.16. The standard InChI is InChI=1S/C15H18N4O3S/c1-9(2)14-18-19-15(22-14)23-8-13(21)17-12-6-4-11(5-7-12)16-10(3)20/h4-7,9H,8H2,1-3H3,(H,16,20)(H,17,21). The molecule has 1 heterocycles. The third-order valence-electron chi connectivity index (χ3n) is 2.73. The molecule has 0 unspecified atom stereocenters. The number of hydrogen-bond acceptors (Lipinski definition) is 6. The first-order chi connectivity index (χ1) is 10.9. The number of hydrogen-bond donors (Lipinski definition) is 2. The Morgan fingerprint density at radius 1 is 1.13 bits per heavy atom. The summed E-state index contributed by atoms with van der Waals surface area (Å²) in [5.41, 5.74) is 1.33. The first-order valence-corrected chi connectivity index (χ1v) is 8.06. The summed E-state index contributed by atoms with van der Waals surface area (Å²) in [7, 11) is 0. The number of nitrogens with zero attached hydrogens (tertiary/aromatic N) is 2. The number of nitrogens with one attached hydrogen (secondary N) is 2. The molecule has 0 spiro atoms. The van der Waals surface area contributed by atoms with E-state index in [2.05, 4.69) is 20.8 Å². The summed E-state index contributed by atoms with van der Waals surface area (Å²) in [5, 5.41) is 13.6. The van der Waals surface area contributed by atoms with Crippen LogP contribution in [-0.4, -0.2) is 27.8 Å². The normalized spacial score (nSPS) is 10.6. The molecule has 0 bridgehead atoms. The molecule has 0 fully saturated rings. The van der Waals surface area contributed by atoms with Gasteiger partial charge in [-0.3, -0.25) is 9.59 Å². The summed E-state index contributed by atoms with van der Waals surface area (Å²) in [4.78, 5) is 22.8. The minimum Gasteiger partial charge on any atom is -0.416 e. The molecule has 2 amide bonds. The van der Waals surface area contributed by atoms with Gasteiger partial charge in [0.1, 0.15) is 0 Å². The van der Waals surface area contributed by atoms with Crippen molar-refractivity contribution in [1.29, 1.82) is 0 Å². The Bertz CT molecular complexity index is 682. The van der Waals surface area contributed by atoms with Crippen LogP contribution in [0.2, 0.25) is 0 Å². The average Bonchev–Trinajstić information content (AvgIpc) is 2.96. The zero-order chi connectivity index (χ0) is 16.8. The topological polar surface area (TPSA) is 97.1 Å². The van der Waals surface area contributed by atoms with Crippen molar-refractivity contribution in [3.8, 4) is 0 Å². The van der Waals surface area contributed by atoms with Gasteiger partial charge in [-0.1, -0.05) is 25.6 Å². The molecule has 0 saturated carbocycles. The lowest BCUT2D eigenvalue weighted by Crippen LogP contribution is -2.14. The van der Waals surface area contributed by atoms with Gasteiger partial charge in [0.15, 0.2) is 0 Å². The predicted molar refractivity (Wildman–Crippen MR) is 88.5 cm³/mol. The smallest absolute Gasteiger partial charge is 0.277 e. The Morgan fingerprint density at radius 2 is 1.74 bits per heavy atom. The highest BCUT2D eigenvalue weighted by atomic mass is 32.2. The summed E-state index contributed by atoms with van der Waals surface area (Å²) >= 11 is 1.19. The van der Waals surface area contributed by atoms with Gasteiger partial charge in [0.2, 0.25) is 17.7 Å². The maximum absolute atomic E-state index is 11.9. The van der Waals surface area contributed by atoms with Crippen LogP contribution >= 0.6 is 11.8 Å². The number of benzene rings is 1. The van der Waals surface area contributed by atoms with E-state index in [1.54, 1.807) is 24.3 Å². The van der Waals surface area contributed by atoms with Crippen LogP contribution in [0.1, 0.15) is 32.6 Å². The molecule has 0 atom stereocenters. The number of carbonyl (C=O) groups is 2. The number of carbonyl (C=O) groups excluding carboxylic acids is 2. The Hall–Kier alpha value is -2.35. The van der Waals surface area contributed by atoms with Gasteiger partial charge in [-0.15, -0.1) is 10.2 Å². The summed E-state index contributed by atoms with van der Waals surface area (Å²) in [6.07, 6.45) is 0. The van der Waals surface area contributed by atoms with Gasteiger partial charge in [-0.2, -0.15) is 0 Å². The quantitative estimate of drug-likeness (QED) is 0.788. The van der Waals surface area contributed by atoms with Crippen molar-refractivity contribution >= 4 is 35.0 Å². The maximum Gasteiger partial charge on any atom is 0.277 e. The molecule has 0 aliphatic heterocycles. The summed E-state index contributed by atoms with van der Waals surface area (Å²) in [6.45, 7) is 5.35. The van der Waals surface area contributed by atoms with Crippen LogP contribution in [0.4, 0.5) is 11.4 Å². The van der Waals surface area contributed by atoms with Gasteiger partial charge in [-0.25, -0.2) is 0 Å². The van der Waals surface area contributed by atoms with E-state index < -0.39 is 0 Å². The van der Waals surface area contributed by atoms with E-state index in [1.165, 1.54) is 18.7 Å². The Morgan fingerprint density at radius 3 is 2.26 bits per heavy atom. The van der Waals surface area contributed by atoms with Crippen LogP contribution in [0.15, 0.2) is 33.9 Å². The fourth-order valence-electron chi connectivity index (χ4n) is 1.68. The fourth-order valence-corrected chi connectivity index (χ4v) is 2.25. The monoisotopic (exact) mass is 334 g/mol. The molecule has 0 saturated heterocycles. The van der Waals surface area contributed by atoms with Gasteiger partial charge in [0, 0.05) is 24.2 Å². The number of amides is 2. The lowest BCUT2D eigenvalue weighted by Gasteiger charge is -2.06. The second kappa shape index (κ2) is 7.77. The molecule has 8 heteroatoms. The van der Waals surface area contributed by atoms with Gasteiger partial charge in [-0.05, 0) is 24.3 Å². The maximum atomic E-state index is 11.9. The molecule has 7 nitrogen and oxygen atoms in total. The summed E-state index contributed by atoms with van der Waals surface area (Å²) in [6, 6.07) is 6.88. The van der Waals surface area contributed by atoms with Crippen molar-refractivity contribution < 1.29 is 14.0 Å². The number of rotatable bonds is 6. The minimum absolute atomic E-state index is 0.140. The Labute approximate surface area is 138 Å². The van der Waals surface area contributed by atoms with E-state index in [0.717, 1.165) is 0 Å². The molecule has 1 aromatic heterocycles. The Kier molecular flexibility index (Phi) is 5.75. The predicted octanol–water partition coefficient (Wildman–Crippen LogP) is 2.88. The Balaban J connectivity index is 1.83. The van der Waals surface area contributed by atoms with E-state index in [0.29, 0.717) is 22.5 Å². The highest BCUT2D eigenvalue weighted by Crippen LogP contribution is 2.20. The van der Waals surface area contributed by atoms with Crippen molar-refractivity contribution in [2.45, 2.75) is 31.9 Å². The molecule has 23 heavy (non-hydrogen) atoms. The van der Waals surface area contributed by atoms with Crippen molar-refractivity contribution in [3.05, 3.63) is 30.2 Å². The lowest BCUT2D eigenvalue weighted by molar-refractivity contribution is -0.114. The molecule has 1 aromatic carbocycles. The van der Waals surface area contributed by atoms with E-state index >= 15 is 0 Å².